The van der Waals surface area contributed by atoms with Gasteiger partial charge in [-0.15, -0.1) is 0 Å². The van der Waals surface area contributed by atoms with E-state index in [1.165, 1.54) is 11.1 Å². The normalized spacial score (nSPS) is 13.9. The molecule has 2 N–H and O–H groups in total. The summed E-state index contributed by atoms with van der Waals surface area (Å²) in [6.07, 6.45) is 0.0536. The Morgan fingerprint density at radius 1 is 1.27 bits per heavy atom. The highest BCUT2D eigenvalue weighted by Gasteiger charge is 2.22. The van der Waals surface area contributed by atoms with Crippen molar-refractivity contribution in [3.8, 4) is 0 Å². The maximum Gasteiger partial charge on any atom is 0.184 e. The summed E-state index contributed by atoms with van der Waals surface area (Å²) in [5.41, 5.74) is 8.26. The molecule has 0 heterocycles. The fourth-order valence-electron chi connectivity index (χ4n) is 1.61. The second-order valence-electron chi connectivity index (χ2n) is 4.81. The molecule has 15 heavy (non-hydrogen) atoms. The molecule has 1 atom stereocenters. The van der Waals surface area contributed by atoms with Crippen LogP contribution in [0.15, 0.2) is 24.3 Å². The van der Waals surface area contributed by atoms with E-state index < -0.39 is 8.32 Å². The number of nitrogens with two attached hydrogens (primary N) is 1. The minimum atomic E-state index is -1.53. The standard InChI is InChI=1S/C12H21NOSi/c1-10-7-5-6-8-11(10)12(9-13)14-15(2,3)4/h5-8,12H,9,13H2,1-4H3/t12-/m0/s1. The smallest absolute Gasteiger partial charge is 0.184 e. The van der Waals surface area contributed by atoms with E-state index in [-0.39, 0.29) is 6.10 Å². The van der Waals surface area contributed by atoms with Gasteiger partial charge in [0, 0.05) is 6.54 Å². The third-order valence-corrected chi connectivity index (χ3v) is 3.24. The number of benzene rings is 1. The topological polar surface area (TPSA) is 35.2 Å². The Kier molecular flexibility index (Phi) is 4.08. The molecule has 3 heteroatoms. The summed E-state index contributed by atoms with van der Waals surface area (Å²) in [6.45, 7) is 9.22. The van der Waals surface area contributed by atoms with E-state index in [1.807, 2.05) is 12.1 Å². The molecular weight excluding hydrogens is 202 g/mol. The molecule has 0 bridgehead atoms. The van der Waals surface area contributed by atoms with Crippen LogP contribution in [0.25, 0.3) is 0 Å². The van der Waals surface area contributed by atoms with Crippen LogP contribution in [0.3, 0.4) is 0 Å². The molecule has 1 rings (SSSR count). The first kappa shape index (κ1) is 12.4. The van der Waals surface area contributed by atoms with Gasteiger partial charge in [-0.2, -0.15) is 0 Å². The lowest BCUT2D eigenvalue weighted by atomic mass is 10.0. The molecule has 0 saturated heterocycles. The second-order valence-corrected chi connectivity index (χ2v) is 9.27. The lowest BCUT2D eigenvalue weighted by molar-refractivity contribution is 0.206. The summed E-state index contributed by atoms with van der Waals surface area (Å²) in [6, 6.07) is 8.29. The molecule has 0 radical (unpaired) electrons. The van der Waals surface area contributed by atoms with Crippen LogP contribution in [0, 0.1) is 6.92 Å². The van der Waals surface area contributed by atoms with Crippen molar-refractivity contribution in [2.24, 2.45) is 5.73 Å². The molecule has 0 aromatic heterocycles. The van der Waals surface area contributed by atoms with Gasteiger partial charge in [0.25, 0.3) is 0 Å². The first-order valence-electron chi connectivity index (χ1n) is 5.37. The first-order chi connectivity index (χ1) is 6.94. The maximum atomic E-state index is 6.07. The Bertz CT molecular complexity index is 320. The Labute approximate surface area is 93.6 Å². The lowest BCUT2D eigenvalue weighted by Gasteiger charge is -2.26. The minimum Gasteiger partial charge on any atom is -0.409 e. The van der Waals surface area contributed by atoms with Crippen molar-refractivity contribution in [2.45, 2.75) is 32.7 Å². The molecule has 0 amide bonds. The van der Waals surface area contributed by atoms with E-state index >= 15 is 0 Å². The number of aryl methyl sites for hydroxylation is 1. The van der Waals surface area contributed by atoms with Crippen LogP contribution >= 0.6 is 0 Å². The summed E-state index contributed by atoms with van der Waals surface area (Å²) in [7, 11) is -1.53. The molecule has 0 spiro atoms. The Balaban J connectivity index is 2.88. The zero-order chi connectivity index (χ0) is 11.5. The summed E-state index contributed by atoms with van der Waals surface area (Å²) in [5, 5.41) is 0. The van der Waals surface area contributed by atoms with Crippen molar-refractivity contribution < 1.29 is 4.43 Å². The zero-order valence-corrected chi connectivity index (χ0v) is 11.1. The molecule has 1 aromatic carbocycles. The van der Waals surface area contributed by atoms with Gasteiger partial charge >= 0.3 is 0 Å². The van der Waals surface area contributed by atoms with E-state index in [4.69, 9.17) is 10.2 Å². The van der Waals surface area contributed by atoms with Crippen LogP contribution in [-0.4, -0.2) is 14.9 Å². The monoisotopic (exact) mass is 223 g/mol. The fraction of sp³-hybridized carbons (Fsp3) is 0.500. The van der Waals surface area contributed by atoms with Crippen LogP contribution in [0.1, 0.15) is 17.2 Å². The number of rotatable bonds is 4. The second kappa shape index (κ2) is 4.92. The summed E-state index contributed by atoms with van der Waals surface area (Å²) in [4.78, 5) is 0. The number of hydrogen-bond donors (Lipinski definition) is 1. The highest BCUT2D eigenvalue weighted by atomic mass is 28.4. The molecular formula is C12H21NOSi. The van der Waals surface area contributed by atoms with Gasteiger partial charge in [0.05, 0.1) is 6.10 Å². The van der Waals surface area contributed by atoms with Crippen molar-refractivity contribution in [3.63, 3.8) is 0 Å². The lowest BCUT2D eigenvalue weighted by Crippen LogP contribution is -2.31. The average Bonchev–Trinajstić information content (AvgIpc) is 2.14. The minimum absolute atomic E-state index is 0.0536. The molecule has 2 nitrogen and oxygen atoms in total. The van der Waals surface area contributed by atoms with Gasteiger partial charge in [-0.25, -0.2) is 0 Å². The Morgan fingerprint density at radius 3 is 2.33 bits per heavy atom. The van der Waals surface area contributed by atoms with Crippen LogP contribution in [-0.2, 0) is 4.43 Å². The van der Waals surface area contributed by atoms with E-state index in [1.54, 1.807) is 0 Å². The molecule has 0 aliphatic heterocycles. The third kappa shape index (κ3) is 3.78. The largest absolute Gasteiger partial charge is 0.409 e. The molecule has 0 fully saturated rings. The number of hydrogen-bond acceptors (Lipinski definition) is 2. The van der Waals surface area contributed by atoms with Crippen molar-refractivity contribution in [2.75, 3.05) is 6.54 Å². The van der Waals surface area contributed by atoms with Crippen molar-refractivity contribution in [3.05, 3.63) is 35.4 Å². The van der Waals surface area contributed by atoms with Crippen molar-refractivity contribution in [1.29, 1.82) is 0 Å². The van der Waals surface area contributed by atoms with Gasteiger partial charge in [0.15, 0.2) is 8.32 Å². The summed E-state index contributed by atoms with van der Waals surface area (Å²) in [5.74, 6) is 0. The van der Waals surface area contributed by atoms with Gasteiger partial charge in [0.2, 0.25) is 0 Å². The van der Waals surface area contributed by atoms with E-state index in [2.05, 4.69) is 38.7 Å². The van der Waals surface area contributed by atoms with Gasteiger partial charge in [-0.3, -0.25) is 0 Å². The van der Waals surface area contributed by atoms with Crippen LogP contribution in [0.4, 0.5) is 0 Å². The molecule has 0 aliphatic carbocycles. The molecule has 1 aromatic rings. The highest BCUT2D eigenvalue weighted by Crippen LogP contribution is 2.23. The predicted octanol–water partition coefficient (Wildman–Crippen LogP) is 2.85. The van der Waals surface area contributed by atoms with Crippen LogP contribution < -0.4 is 5.73 Å². The Hall–Kier alpha value is -0.643. The van der Waals surface area contributed by atoms with Gasteiger partial charge in [0.1, 0.15) is 0 Å². The summed E-state index contributed by atoms with van der Waals surface area (Å²) < 4.78 is 6.07. The molecule has 0 unspecified atom stereocenters. The Morgan fingerprint density at radius 2 is 1.87 bits per heavy atom. The van der Waals surface area contributed by atoms with Crippen LogP contribution in [0.5, 0.6) is 0 Å². The molecule has 0 saturated carbocycles. The van der Waals surface area contributed by atoms with Crippen molar-refractivity contribution in [1.82, 2.24) is 0 Å². The van der Waals surface area contributed by atoms with Gasteiger partial charge in [-0.05, 0) is 37.7 Å². The summed E-state index contributed by atoms with van der Waals surface area (Å²) >= 11 is 0. The zero-order valence-electron chi connectivity index (χ0n) is 10.1. The van der Waals surface area contributed by atoms with E-state index in [9.17, 15) is 0 Å². The van der Waals surface area contributed by atoms with Crippen LogP contribution in [0.2, 0.25) is 19.6 Å². The van der Waals surface area contributed by atoms with E-state index in [0.717, 1.165) is 0 Å². The molecule has 0 aliphatic rings. The quantitative estimate of drug-likeness (QED) is 0.797. The van der Waals surface area contributed by atoms with Crippen molar-refractivity contribution >= 4 is 8.32 Å². The van der Waals surface area contributed by atoms with Gasteiger partial charge < -0.3 is 10.2 Å². The SMILES string of the molecule is Cc1ccccc1[C@H](CN)O[Si](C)(C)C. The van der Waals surface area contributed by atoms with E-state index in [0.29, 0.717) is 6.54 Å². The molecule has 84 valence electrons. The fourth-order valence-corrected chi connectivity index (χ4v) is 2.69. The highest BCUT2D eigenvalue weighted by molar-refractivity contribution is 6.69. The third-order valence-electron chi connectivity index (χ3n) is 2.25. The first-order valence-corrected chi connectivity index (χ1v) is 8.78. The average molecular weight is 223 g/mol. The maximum absolute atomic E-state index is 6.07. The predicted molar refractivity (Wildman–Crippen MR) is 67.4 cm³/mol. The van der Waals surface area contributed by atoms with Gasteiger partial charge in [-0.1, -0.05) is 24.3 Å².